The average Bonchev–Trinajstić information content (AvgIpc) is 1.80. The summed E-state index contributed by atoms with van der Waals surface area (Å²) >= 11 is 0. The molecule has 0 rings (SSSR count). The van der Waals surface area contributed by atoms with Crippen LogP contribution in [0.3, 0.4) is 0 Å². The zero-order chi connectivity index (χ0) is 7.11. The molecule has 0 unspecified atom stereocenters. The third kappa shape index (κ3) is 10.9. The number of ether oxygens (including phenoxy) is 2. The van der Waals surface area contributed by atoms with E-state index in [4.69, 9.17) is 5.11 Å². The second-order valence-corrected chi connectivity index (χ2v) is 1.44. The van der Waals surface area contributed by atoms with Crippen molar-refractivity contribution in [3.05, 3.63) is 0 Å². The number of hydrogen-bond acceptors (Lipinski definition) is 3. The normalized spacial score (nSPS) is 8.50. The molecule has 0 aliphatic heterocycles. The van der Waals surface area contributed by atoms with Crippen molar-refractivity contribution in [1.29, 1.82) is 0 Å². The second kappa shape index (κ2) is 8.99. The number of methoxy groups -OCH3 is 1. The summed E-state index contributed by atoms with van der Waals surface area (Å²) in [4.78, 5) is 9.80. The van der Waals surface area contributed by atoms with Gasteiger partial charge in [-0.15, -0.1) is 0 Å². The Kier molecular flexibility index (Phi) is 11.4. The summed E-state index contributed by atoms with van der Waals surface area (Å²) in [7, 11) is 1.53. The summed E-state index contributed by atoms with van der Waals surface area (Å²) < 4.78 is 9.22. The van der Waals surface area contributed by atoms with Gasteiger partial charge in [-0.05, 0) is 0 Å². The Morgan fingerprint density at radius 2 is 2.10 bits per heavy atom. The molecule has 0 heterocycles. The van der Waals surface area contributed by atoms with Crippen molar-refractivity contribution in [2.24, 2.45) is 0 Å². The van der Waals surface area contributed by atoms with Crippen molar-refractivity contribution in [3.8, 4) is 0 Å². The van der Waals surface area contributed by atoms with E-state index < -0.39 is 5.97 Å². The first kappa shape index (κ1) is 12.6. The first-order chi connectivity index (χ1) is 4.27. The molecule has 0 amide bonds. The Labute approximate surface area is 71.7 Å². The van der Waals surface area contributed by atoms with E-state index in [-0.39, 0.29) is 25.5 Å². The number of carboxylic acid groups (broad SMARTS) is 1. The van der Waals surface area contributed by atoms with Gasteiger partial charge in [0.1, 0.15) is 6.61 Å². The minimum absolute atomic E-state index is 0. The van der Waals surface area contributed by atoms with Gasteiger partial charge in [0, 0.05) is 7.11 Å². The molecule has 1 N–H and O–H groups in total. The molecule has 0 saturated heterocycles. The maximum absolute atomic E-state index is 9.80. The van der Waals surface area contributed by atoms with Crippen LogP contribution < -0.4 is 0 Å². The Morgan fingerprint density at radius 3 is 2.50 bits per heavy atom. The van der Waals surface area contributed by atoms with Crippen molar-refractivity contribution in [1.82, 2.24) is 0 Å². The Hall–Kier alpha value is -0.0126. The molecule has 0 aliphatic carbocycles. The molecule has 0 aromatic rings. The van der Waals surface area contributed by atoms with Crippen LogP contribution in [0.25, 0.3) is 0 Å². The molecule has 0 aromatic heterocycles. The van der Waals surface area contributed by atoms with E-state index >= 15 is 0 Å². The van der Waals surface area contributed by atoms with Gasteiger partial charge in [0.05, 0.1) is 13.2 Å². The molecule has 0 aliphatic rings. The van der Waals surface area contributed by atoms with Crippen LogP contribution in [-0.2, 0) is 14.3 Å². The molecular formula is C5H11LiO4. The van der Waals surface area contributed by atoms with E-state index in [0.717, 1.165) is 0 Å². The van der Waals surface area contributed by atoms with Gasteiger partial charge in [-0.2, -0.15) is 0 Å². The average molecular weight is 142 g/mol. The van der Waals surface area contributed by atoms with Crippen LogP contribution in [0, 0.1) is 0 Å². The molecule has 0 aromatic carbocycles. The number of rotatable bonds is 5. The third-order valence-electron chi connectivity index (χ3n) is 0.657. The van der Waals surface area contributed by atoms with Gasteiger partial charge >= 0.3 is 24.8 Å². The van der Waals surface area contributed by atoms with Gasteiger partial charge in [0.15, 0.2) is 0 Å². The molecule has 56 valence electrons. The monoisotopic (exact) mass is 142 g/mol. The topological polar surface area (TPSA) is 55.8 Å². The zero-order valence-corrected chi connectivity index (χ0v) is 5.29. The number of hydrogen-bond donors (Lipinski definition) is 1. The van der Waals surface area contributed by atoms with Gasteiger partial charge in [-0.1, -0.05) is 0 Å². The first-order valence-corrected chi connectivity index (χ1v) is 2.56. The molecular weight excluding hydrogens is 131 g/mol. The van der Waals surface area contributed by atoms with Crippen LogP contribution in [0.2, 0.25) is 0 Å². The van der Waals surface area contributed by atoms with Crippen molar-refractivity contribution in [2.75, 3.05) is 26.9 Å². The molecule has 0 bridgehead atoms. The Bertz CT molecular complexity index is 85.7. The van der Waals surface area contributed by atoms with E-state index in [2.05, 4.69) is 9.47 Å². The predicted octanol–water partition coefficient (Wildman–Crippen LogP) is -0.915. The Morgan fingerprint density at radius 1 is 1.50 bits per heavy atom. The van der Waals surface area contributed by atoms with Crippen LogP contribution in [0.15, 0.2) is 0 Å². The van der Waals surface area contributed by atoms with Crippen LogP contribution >= 0.6 is 0 Å². The van der Waals surface area contributed by atoms with Gasteiger partial charge < -0.3 is 14.6 Å². The SMILES string of the molecule is COCCOCC(=O)O.[LiH]. The molecule has 5 heteroatoms. The summed E-state index contributed by atoms with van der Waals surface area (Å²) in [5.41, 5.74) is 0. The summed E-state index contributed by atoms with van der Waals surface area (Å²) in [6, 6.07) is 0. The van der Waals surface area contributed by atoms with Crippen molar-refractivity contribution >= 4 is 24.8 Å². The van der Waals surface area contributed by atoms with Gasteiger partial charge in [-0.25, -0.2) is 4.79 Å². The number of carboxylic acids is 1. The van der Waals surface area contributed by atoms with Crippen LogP contribution in [0.5, 0.6) is 0 Å². The van der Waals surface area contributed by atoms with Gasteiger partial charge in [-0.3, -0.25) is 0 Å². The summed E-state index contributed by atoms with van der Waals surface area (Å²) in [5.74, 6) is -0.953. The molecule has 0 atom stereocenters. The third-order valence-corrected chi connectivity index (χ3v) is 0.657. The standard InChI is InChI=1S/C5H10O4.Li.H/c1-8-2-3-9-4-5(6)7;;/h2-4H2,1H3,(H,6,7);;. The van der Waals surface area contributed by atoms with Crippen LogP contribution in [-0.4, -0.2) is 56.9 Å². The van der Waals surface area contributed by atoms with E-state index in [1.165, 1.54) is 7.11 Å². The quantitative estimate of drug-likeness (QED) is 0.398. The molecule has 0 spiro atoms. The number of aliphatic carboxylic acids is 1. The van der Waals surface area contributed by atoms with Gasteiger partial charge in [0.25, 0.3) is 0 Å². The Balaban J connectivity index is 0. The van der Waals surface area contributed by atoms with Crippen molar-refractivity contribution in [3.63, 3.8) is 0 Å². The molecule has 0 saturated carbocycles. The summed E-state index contributed by atoms with van der Waals surface area (Å²) in [6.45, 7) is 0.527. The summed E-state index contributed by atoms with van der Waals surface area (Å²) in [6.07, 6.45) is 0. The van der Waals surface area contributed by atoms with E-state index in [9.17, 15) is 4.79 Å². The summed E-state index contributed by atoms with van der Waals surface area (Å²) in [5, 5.41) is 8.05. The maximum atomic E-state index is 9.80. The first-order valence-electron chi connectivity index (χ1n) is 2.56. The fourth-order valence-electron chi connectivity index (χ4n) is 0.302. The molecule has 0 fully saturated rings. The van der Waals surface area contributed by atoms with E-state index in [1.807, 2.05) is 0 Å². The second-order valence-electron chi connectivity index (χ2n) is 1.44. The van der Waals surface area contributed by atoms with E-state index in [1.54, 1.807) is 0 Å². The van der Waals surface area contributed by atoms with E-state index in [0.29, 0.717) is 13.2 Å². The van der Waals surface area contributed by atoms with Crippen molar-refractivity contribution in [2.45, 2.75) is 0 Å². The van der Waals surface area contributed by atoms with Gasteiger partial charge in [0.2, 0.25) is 0 Å². The van der Waals surface area contributed by atoms with Crippen LogP contribution in [0.1, 0.15) is 0 Å². The molecule has 4 nitrogen and oxygen atoms in total. The fraction of sp³-hybridized carbons (Fsp3) is 0.800. The molecule has 0 radical (unpaired) electrons. The van der Waals surface area contributed by atoms with Crippen molar-refractivity contribution < 1.29 is 19.4 Å². The fourth-order valence-corrected chi connectivity index (χ4v) is 0.302. The predicted molar refractivity (Wildman–Crippen MR) is 37.5 cm³/mol. The molecule has 10 heavy (non-hydrogen) atoms. The zero-order valence-electron chi connectivity index (χ0n) is 5.29. The van der Waals surface area contributed by atoms with Crippen LogP contribution in [0.4, 0.5) is 0 Å². The number of carbonyl (C=O) groups is 1. The minimum atomic E-state index is -0.953.